The first-order chi connectivity index (χ1) is 16.2. The molecule has 0 radical (unpaired) electrons. The third-order valence-electron chi connectivity index (χ3n) is 4.30. The summed E-state index contributed by atoms with van der Waals surface area (Å²) in [5.74, 6) is 0. The van der Waals surface area contributed by atoms with Gasteiger partial charge in [-0.2, -0.15) is 0 Å². The Morgan fingerprint density at radius 2 is 1.80 bits per heavy atom. The highest BCUT2D eigenvalue weighted by atomic mass is 35.5. The van der Waals surface area contributed by atoms with Crippen LogP contribution in [0.15, 0.2) is 17.6 Å². The van der Waals surface area contributed by atoms with Gasteiger partial charge in [0.2, 0.25) is 0 Å². The zero-order chi connectivity index (χ0) is 26.0. The van der Waals surface area contributed by atoms with Gasteiger partial charge in [0.15, 0.2) is 0 Å². The van der Waals surface area contributed by atoms with Gasteiger partial charge in [0.25, 0.3) is 0 Å². The summed E-state index contributed by atoms with van der Waals surface area (Å²) < 4.78 is 11.6. The maximum absolute atomic E-state index is 13.2. The molecule has 0 saturated carbocycles. The summed E-state index contributed by atoms with van der Waals surface area (Å²) in [6.07, 6.45) is 1.10. The second-order valence-corrected chi connectivity index (χ2v) is 12.5. The highest BCUT2D eigenvalue weighted by Gasteiger charge is 2.28. The average Bonchev–Trinajstić information content (AvgIpc) is 3.32. The summed E-state index contributed by atoms with van der Waals surface area (Å²) in [7, 11) is 0. The highest BCUT2D eigenvalue weighted by Crippen LogP contribution is 2.42. The van der Waals surface area contributed by atoms with E-state index in [2.05, 4.69) is 15.3 Å². The molecule has 0 bridgehead atoms. The summed E-state index contributed by atoms with van der Waals surface area (Å²) in [5.41, 5.74) is -0.265. The second kappa shape index (κ2) is 10.9. The van der Waals surface area contributed by atoms with Gasteiger partial charge in [-0.25, -0.2) is 19.6 Å². The summed E-state index contributed by atoms with van der Waals surface area (Å²) in [4.78, 5) is 36.2. The molecule has 0 saturated heterocycles. The van der Waals surface area contributed by atoms with Gasteiger partial charge >= 0.3 is 12.2 Å². The molecular formula is C23H28Cl2N4O4S2. The fourth-order valence-corrected chi connectivity index (χ4v) is 5.37. The van der Waals surface area contributed by atoms with Crippen LogP contribution in [0, 0.1) is 0 Å². The molecule has 3 heterocycles. The Morgan fingerprint density at radius 1 is 1.11 bits per heavy atom. The first-order valence-electron chi connectivity index (χ1n) is 10.9. The number of anilines is 1. The minimum atomic E-state index is -0.695. The van der Waals surface area contributed by atoms with Gasteiger partial charge in [-0.1, -0.05) is 23.2 Å². The number of hydrogen-bond donors (Lipinski definition) is 1. The number of thiophene rings is 1. The zero-order valence-corrected chi connectivity index (χ0v) is 23.5. The normalized spacial score (nSPS) is 12.0. The first-order valence-corrected chi connectivity index (χ1v) is 13.3. The number of nitrogens with zero attached hydrogens (tertiary/aromatic N) is 3. The number of pyridine rings is 1. The summed E-state index contributed by atoms with van der Waals surface area (Å²) >= 11 is 15.8. The molecule has 0 aromatic carbocycles. The molecule has 3 rings (SSSR count). The number of aromatic nitrogens is 2. The molecule has 35 heavy (non-hydrogen) atoms. The van der Waals surface area contributed by atoms with E-state index in [-0.39, 0.29) is 11.7 Å². The Kier molecular flexibility index (Phi) is 8.52. The molecule has 0 atom stereocenters. The molecule has 190 valence electrons. The van der Waals surface area contributed by atoms with Crippen LogP contribution in [0.2, 0.25) is 10.2 Å². The Labute approximate surface area is 222 Å². The van der Waals surface area contributed by atoms with Crippen LogP contribution in [-0.4, -0.2) is 39.9 Å². The SMILES string of the molecule is CC(C)(C)OC(=O)NCCc1sc2c(N(Cc3nccs3)C(=O)OC(C)(C)C)cc(Cl)nc2c1Cl. The Morgan fingerprint density at radius 3 is 2.40 bits per heavy atom. The van der Waals surface area contributed by atoms with Crippen LogP contribution in [0.25, 0.3) is 10.2 Å². The maximum Gasteiger partial charge on any atom is 0.415 e. The van der Waals surface area contributed by atoms with E-state index in [1.54, 1.807) is 53.8 Å². The number of amides is 2. The Balaban J connectivity index is 1.94. The van der Waals surface area contributed by atoms with Crippen LogP contribution in [-0.2, 0) is 22.4 Å². The molecular weight excluding hydrogens is 531 g/mol. The number of rotatable bonds is 6. The Hall–Kier alpha value is -2.14. The van der Waals surface area contributed by atoms with Crippen molar-refractivity contribution < 1.29 is 19.1 Å². The van der Waals surface area contributed by atoms with Crippen molar-refractivity contribution >= 4 is 74.0 Å². The van der Waals surface area contributed by atoms with E-state index in [9.17, 15) is 9.59 Å². The van der Waals surface area contributed by atoms with Crippen molar-refractivity contribution in [3.63, 3.8) is 0 Å². The van der Waals surface area contributed by atoms with E-state index < -0.39 is 23.4 Å². The van der Waals surface area contributed by atoms with Crippen LogP contribution in [0.3, 0.4) is 0 Å². The smallest absolute Gasteiger partial charge is 0.415 e. The van der Waals surface area contributed by atoms with Gasteiger partial charge in [0, 0.05) is 35.5 Å². The molecule has 8 nitrogen and oxygen atoms in total. The molecule has 3 aromatic heterocycles. The van der Waals surface area contributed by atoms with Gasteiger partial charge in [0.1, 0.15) is 26.9 Å². The van der Waals surface area contributed by atoms with E-state index in [4.69, 9.17) is 32.7 Å². The van der Waals surface area contributed by atoms with E-state index in [0.717, 1.165) is 9.88 Å². The summed E-state index contributed by atoms with van der Waals surface area (Å²) in [6, 6.07) is 1.62. The molecule has 0 aliphatic heterocycles. The van der Waals surface area contributed by atoms with Crippen LogP contribution in [0.1, 0.15) is 51.4 Å². The first kappa shape index (κ1) is 27.4. The average molecular weight is 560 g/mol. The molecule has 0 spiro atoms. The number of carbonyl (C=O) groups excluding carboxylic acids is 2. The predicted molar refractivity (Wildman–Crippen MR) is 142 cm³/mol. The van der Waals surface area contributed by atoms with Crippen LogP contribution in [0.5, 0.6) is 0 Å². The van der Waals surface area contributed by atoms with Crippen molar-refractivity contribution in [1.29, 1.82) is 0 Å². The number of nitrogens with one attached hydrogen (secondary N) is 1. The van der Waals surface area contributed by atoms with Crippen LogP contribution < -0.4 is 10.2 Å². The molecule has 2 amide bonds. The largest absolute Gasteiger partial charge is 0.444 e. The number of thiazole rings is 1. The molecule has 12 heteroatoms. The molecule has 1 N–H and O–H groups in total. The predicted octanol–water partition coefficient (Wildman–Crippen LogP) is 7.07. The third kappa shape index (κ3) is 7.67. The van der Waals surface area contributed by atoms with E-state index in [1.165, 1.54) is 27.6 Å². The van der Waals surface area contributed by atoms with Gasteiger partial charge < -0.3 is 14.8 Å². The van der Waals surface area contributed by atoms with Gasteiger partial charge in [-0.05, 0) is 41.5 Å². The minimum Gasteiger partial charge on any atom is -0.444 e. The van der Waals surface area contributed by atoms with Gasteiger partial charge in [-0.15, -0.1) is 22.7 Å². The second-order valence-electron chi connectivity index (χ2n) is 9.65. The number of carbonyl (C=O) groups is 2. The quantitative estimate of drug-likeness (QED) is 0.325. The molecule has 0 fully saturated rings. The molecule has 0 aliphatic carbocycles. The Bertz CT molecular complexity index is 1200. The van der Waals surface area contributed by atoms with Crippen LogP contribution >= 0.6 is 45.9 Å². The van der Waals surface area contributed by atoms with E-state index in [1.807, 2.05) is 5.38 Å². The minimum absolute atomic E-state index is 0.193. The highest BCUT2D eigenvalue weighted by molar-refractivity contribution is 7.20. The number of alkyl carbamates (subject to hydrolysis) is 1. The van der Waals surface area contributed by atoms with Crippen LogP contribution in [0.4, 0.5) is 15.3 Å². The summed E-state index contributed by atoms with van der Waals surface area (Å²) in [6.45, 7) is 11.3. The van der Waals surface area contributed by atoms with Crippen molar-refractivity contribution in [1.82, 2.24) is 15.3 Å². The number of halogens is 2. The zero-order valence-electron chi connectivity index (χ0n) is 20.4. The number of hydrogen-bond acceptors (Lipinski definition) is 8. The van der Waals surface area contributed by atoms with Crippen molar-refractivity contribution in [3.8, 4) is 0 Å². The fraction of sp³-hybridized carbons (Fsp3) is 0.478. The lowest BCUT2D eigenvalue weighted by atomic mass is 10.2. The summed E-state index contributed by atoms with van der Waals surface area (Å²) in [5, 5.41) is 5.93. The van der Waals surface area contributed by atoms with E-state index in [0.29, 0.717) is 33.9 Å². The fourth-order valence-electron chi connectivity index (χ4n) is 3.02. The number of fused-ring (bicyclic) bond motifs is 1. The maximum atomic E-state index is 13.2. The van der Waals surface area contributed by atoms with Crippen molar-refractivity contribution in [3.05, 3.63) is 37.7 Å². The lowest BCUT2D eigenvalue weighted by Crippen LogP contribution is -2.36. The lowest BCUT2D eigenvalue weighted by molar-refractivity contribution is 0.0526. The van der Waals surface area contributed by atoms with E-state index >= 15 is 0 Å². The molecule has 3 aromatic rings. The molecule has 0 aliphatic rings. The van der Waals surface area contributed by atoms with Gasteiger partial charge in [0.05, 0.1) is 22.0 Å². The lowest BCUT2D eigenvalue weighted by Gasteiger charge is -2.27. The number of ether oxygens (including phenoxy) is 2. The standard InChI is InChI=1S/C23H28Cl2N4O4S2/c1-22(2,3)32-20(30)27-8-7-14-17(25)18-19(35-14)13(11-15(24)28-18)29(12-16-26-9-10-34-16)21(31)33-23(4,5)6/h9-11H,7-8,12H2,1-6H3,(H,27,30). The van der Waals surface area contributed by atoms with Gasteiger partial charge in [-0.3, -0.25) is 4.90 Å². The third-order valence-corrected chi connectivity index (χ3v) is 7.04. The topological polar surface area (TPSA) is 93.7 Å². The van der Waals surface area contributed by atoms with Crippen molar-refractivity contribution in [2.45, 2.75) is 65.7 Å². The van der Waals surface area contributed by atoms with Crippen molar-refractivity contribution in [2.24, 2.45) is 0 Å². The molecule has 0 unspecified atom stereocenters. The monoisotopic (exact) mass is 558 g/mol. The van der Waals surface area contributed by atoms with Crippen molar-refractivity contribution in [2.75, 3.05) is 11.4 Å².